The van der Waals surface area contributed by atoms with Gasteiger partial charge in [-0.25, -0.2) is 4.79 Å². The first kappa shape index (κ1) is 15.9. The molecule has 0 saturated heterocycles. The number of benzene rings is 2. The minimum absolute atomic E-state index is 0.114. The van der Waals surface area contributed by atoms with Gasteiger partial charge in [0.05, 0.1) is 19.8 Å². The number of hydrogen-bond donors (Lipinski definition) is 0. The first-order valence-corrected chi connectivity index (χ1v) is 8.43. The fourth-order valence-corrected chi connectivity index (χ4v) is 3.68. The van der Waals surface area contributed by atoms with Crippen molar-refractivity contribution in [1.29, 1.82) is 0 Å². The molecule has 27 heavy (non-hydrogen) atoms. The van der Waals surface area contributed by atoms with Crippen LogP contribution in [0.15, 0.2) is 41.7 Å². The molecule has 1 unspecified atom stereocenters. The number of ether oxygens (including phenoxy) is 6. The molecule has 2 aromatic rings. The highest BCUT2D eigenvalue weighted by molar-refractivity contribution is 5.95. The molecule has 0 amide bonds. The van der Waals surface area contributed by atoms with Crippen LogP contribution in [0.25, 0.3) is 0 Å². The lowest BCUT2D eigenvalue weighted by molar-refractivity contribution is -0.136. The van der Waals surface area contributed by atoms with Gasteiger partial charge in [-0.1, -0.05) is 6.07 Å². The third-order valence-corrected chi connectivity index (χ3v) is 4.92. The van der Waals surface area contributed by atoms with Gasteiger partial charge in [-0.05, 0) is 23.8 Å². The van der Waals surface area contributed by atoms with E-state index in [-0.39, 0.29) is 25.3 Å². The normalized spacial score (nSPS) is 19.2. The Morgan fingerprint density at radius 1 is 1.00 bits per heavy atom. The van der Waals surface area contributed by atoms with Crippen LogP contribution in [0.2, 0.25) is 0 Å². The summed E-state index contributed by atoms with van der Waals surface area (Å²) in [6.07, 6.45) is 0. The van der Waals surface area contributed by atoms with Crippen molar-refractivity contribution in [2.75, 3.05) is 27.6 Å². The highest BCUT2D eigenvalue weighted by atomic mass is 16.7. The zero-order chi connectivity index (χ0) is 18.5. The average molecular weight is 368 g/mol. The number of fused-ring (bicyclic) bond motifs is 2. The van der Waals surface area contributed by atoms with E-state index in [9.17, 15) is 4.79 Å². The standard InChI is InChI=1S/C20H16O7/c1-22-11-3-4-12-13(7-11)27-16-8-24-20(21)18(16)17(12)10-5-14(23-2)19-15(6-10)25-9-26-19/h3-7,17H,8-9H2,1-2H3. The van der Waals surface area contributed by atoms with Gasteiger partial charge in [0.2, 0.25) is 12.5 Å². The molecule has 3 heterocycles. The summed E-state index contributed by atoms with van der Waals surface area (Å²) in [4.78, 5) is 12.4. The van der Waals surface area contributed by atoms with E-state index in [0.717, 1.165) is 11.1 Å². The Hall–Kier alpha value is -3.35. The van der Waals surface area contributed by atoms with Crippen molar-refractivity contribution < 1.29 is 33.2 Å². The highest BCUT2D eigenvalue weighted by Crippen LogP contribution is 2.50. The van der Waals surface area contributed by atoms with Crippen LogP contribution in [0.5, 0.6) is 28.7 Å². The Morgan fingerprint density at radius 2 is 1.89 bits per heavy atom. The Labute approximate surface area is 155 Å². The van der Waals surface area contributed by atoms with Crippen molar-refractivity contribution in [2.45, 2.75) is 5.92 Å². The van der Waals surface area contributed by atoms with Gasteiger partial charge in [-0.2, -0.15) is 0 Å². The number of carbonyl (C=O) groups is 1. The third-order valence-electron chi connectivity index (χ3n) is 4.92. The maximum Gasteiger partial charge on any atom is 0.339 e. The predicted molar refractivity (Wildman–Crippen MR) is 92.6 cm³/mol. The first-order valence-electron chi connectivity index (χ1n) is 8.43. The van der Waals surface area contributed by atoms with Crippen LogP contribution in [0.3, 0.4) is 0 Å². The second kappa shape index (κ2) is 5.84. The summed E-state index contributed by atoms with van der Waals surface area (Å²) in [6.45, 7) is 0.246. The Bertz CT molecular complexity index is 992. The maximum atomic E-state index is 12.4. The van der Waals surface area contributed by atoms with E-state index >= 15 is 0 Å². The molecule has 3 aliphatic heterocycles. The van der Waals surface area contributed by atoms with Crippen molar-refractivity contribution >= 4 is 5.97 Å². The topological polar surface area (TPSA) is 72.5 Å². The fourth-order valence-electron chi connectivity index (χ4n) is 3.68. The highest BCUT2D eigenvalue weighted by Gasteiger charge is 2.41. The summed E-state index contributed by atoms with van der Waals surface area (Å²) in [5.74, 6) is 2.77. The minimum atomic E-state index is -0.381. The van der Waals surface area contributed by atoms with Gasteiger partial charge in [0, 0.05) is 17.5 Å². The van der Waals surface area contributed by atoms with Crippen LogP contribution in [-0.4, -0.2) is 33.6 Å². The molecule has 1 atom stereocenters. The molecule has 0 saturated carbocycles. The molecular weight excluding hydrogens is 352 g/mol. The second-order valence-corrected chi connectivity index (χ2v) is 6.31. The van der Waals surface area contributed by atoms with Gasteiger partial charge in [0.25, 0.3) is 0 Å². The van der Waals surface area contributed by atoms with Crippen molar-refractivity contribution in [3.63, 3.8) is 0 Å². The Morgan fingerprint density at radius 3 is 2.70 bits per heavy atom. The summed E-state index contributed by atoms with van der Waals surface area (Å²) in [6, 6.07) is 9.26. The fraction of sp³-hybridized carbons (Fsp3) is 0.250. The molecular formula is C20H16O7. The smallest absolute Gasteiger partial charge is 0.339 e. The Kier molecular flexibility index (Phi) is 3.43. The second-order valence-electron chi connectivity index (χ2n) is 6.31. The van der Waals surface area contributed by atoms with Gasteiger partial charge in [-0.3, -0.25) is 0 Å². The van der Waals surface area contributed by atoms with Crippen LogP contribution >= 0.6 is 0 Å². The van der Waals surface area contributed by atoms with Crippen LogP contribution < -0.4 is 23.7 Å². The molecule has 0 aromatic heterocycles. The van der Waals surface area contributed by atoms with E-state index in [2.05, 4.69) is 0 Å². The zero-order valence-corrected chi connectivity index (χ0v) is 14.7. The minimum Gasteiger partial charge on any atom is -0.497 e. The SMILES string of the molecule is COc1ccc2c(c1)OC1=C(C(=O)OC1)C2c1cc(OC)c2c(c1)OCO2. The summed E-state index contributed by atoms with van der Waals surface area (Å²) in [5.41, 5.74) is 2.17. The van der Waals surface area contributed by atoms with Crippen LogP contribution in [0.1, 0.15) is 17.0 Å². The van der Waals surface area contributed by atoms with Gasteiger partial charge < -0.3 is 28.4 Å². The predicted octanol–water partition coefficient (Wildman–Crippen LogP) is 2.77. The van der Waals surface area contributed by atoms with Crippen LogP contribution in [0, 0.1) is 0 Å². The van der Waals surface area contributed by atoms with Crippen molar-refractivity contribution in [3.05, 3.63) is 52.8 Å². The summed E-state index contributed by atoms with van der Waals surface area (Å²) in [5, 5.41) is 0. The third kappa shape index (κ3) is 2.31. The number of cyclic esters (lactones) is 1. The maximum absolute atomic E-state index is 12.4. The number of esters is 1. The number of carbonyl (C=O) groups excluding carboxylic acids is 1. The lowest BCUT2D eigenvalue weighted by atomic mass is 9.82. The lowest BCUT2D eigenvalue weighted by Gasteiger charge is -2.26. The molecule has 0 N–H and O–H groups in total. The summed E-state index contributed by atoms with van der Waals surface area (Å²) in [7, 11) is 3.16. The van der Waals surface area contributed by atoms with Gasteiger partial charge in [-0.15, -0.1) is 0 Å². The molecule has 7 heteroatoms. The van der Waals surface area contributed by atoms with Crippen molar-refractivity contribution in [2.24, 2.45) is 0 Å². The quantitative estimate of drug-likeness (QED) is 0.772. The molecule has 7 nitrogen and oxygen atoms in total. The van der Waals surface area contributed by atoms with Gasteiger partial charge in [0.15, 0.2) is 17.3 Å². The van der Waals surface area contributed by atoms with E-state index in [4.69, 9.17) is 28.4 Å². The number of rotatable bonds is 3. The van der Waals surface area contributed by atoms with Crippen molar-refractivity contribution in [1.82, 2.24) is 0 Å². The number of methoxy groups -OCH3 is 2. The molecule has 0 radical (unpaired) electrons. The molecule has 2 aromatic carbocycles. The zero-order valence-electron chi connectivity index (χ0n) is 14.7. The van der Waals surface area contributed by atoms with Gasteiger partial charge >= 0.3 is 5.97 Å². The van der Waals surface area contributed by atoms with Crippen molar-refractivity contribution in [3.8, 4) is 28.7 Å². The summed E-state index contributed by atoms with van der Waals surface area (Å²) < 4.78 is 33.0. The molecule has 0 fully saturated rings. The van der Waals surface area contributed by atoms with E-state index in [0.29, 0.717) is 40.1 Å². The van der Waals surface area contributed by atoms with E-state index in [1.165, 1.54) is 0 Å². The van der Waals surface area contributed by atoms with E-state index in [1.807, 2.05) is 24.3 Å². The first-order chi connectivity index (χ1) is 13.2. The largest absolute Gasteiger partial charge is 0.497 e. The molecule has 0 bridgehead atoms. The van der Waals surface area contributed by atoms with E-state index in [1.54, 1.807) is 20.3 Å². The summed E-state index contributed by atoms with van der Waals surface area (Å²) >= 11 is 0. The molecule has 0 aliphatic carbocycles. The molecule has 5 rings (SSSR count). The van der Waals surface area contributed by atoms with Gasteiger partial charge in [0.1, 0.15) is 18.1 Å². The molecule has 3 aliphatic rings. The lowest BCUT2D eigenvalue weighted by Crippen LogP contribution is -2.18. The molecule has 0 spiro atoms. The van der Waals surface area contributed by atoms with Crippen LogP contribution in [-0.2, 0) is 9.53 Å². The number of hydrogen-bond acceptors (Lipinski definition) is 7. The molecule has 138 valence electrons. The van der Waals surface area contributed by atoms with Crippen LogP contribution in [0.4, 0.5) is 0 Å². The monoisotopic (exact) mass is 368 g/mol. The van der Waals surface area contributed by atoms with E-state index < -0.39 is 0 Å². The average Bonchev–Trinajstić information content (AvgIpc) is 3.31. The Balaban J connectivity index is 1.72.